The van der Waals surface area contributed by atoms with Crippen molar-refractivity contribution in [1.29, 1.82) is 0 Å². The third-order valence-corrected chi connectivity index (χ3v) is 6.95. The maximum atomic E-state index is 12.6. The third kappa shape index (κ3) is 7.86. The van der Waals surface area contributed by atoms with Gasteiger partial charge in [-0.25, -0.2) is 10.2 Å². The predicted molar refractivity (Wildman–Crippen MR) is 171 cm³/mol. The first-order valence-corrected chi connectivity index (χ1v) is 14.3. The highest BCUT2D eigenvalue weighted by Gasteiger charge is 2.12. The molecule has 1 N–H and O–H groups in total. The second kappa shape index (κ2) is 13.9. The van der Waals surface area contributed by atoms with Crippen molar-refractivity contribution < 1.29 is 23.5 Å². The maximum Gasteiger partial charge on any atom is 0.336 e. The van der Waals surface area contributed by atoms with E-state index in [1.165, 1.54) is 24.4 Å². The molecule has 0 spiro atoms. The number of benzene rings is 3. The molecule has 0 saturated carbocycles. The van der Waals surface area contributed by atoms with Crippen molar-refractivity contribution in [3.05, 3.63) is 141 Å². The third-order valence-electron chi connectivity index (χ3n) is 6.47. The van der Waals surface area contributed by atoms with Crippen molar-refractivity contribution in [2.45, 2.75) is 20.5 Å². The summed E-state index contributed by atoms with van der Waals surface area (Å²) in [6, 6.07) is 26.7. The number of furan rings is 1. The van der Waals surface area contributed by atoms with Crippen LogP contribution in [-0.2, 0) is 11.4 Å². The number of nitrogens with one attached hydrogen (secondary N) is 1. The fraction of sp³-hybridized carbons (Fsp3) is 0.0882. The molecule has 44 heavy (non-hydrogen) atoms. The number of aromatic nitrogens is 1. The van der Waals surface area contributed by atoms with Gasteiger partial charge in [0.1, 0.15) is 23.9 Å². The Bertz CT molecular complexity index is 1820. The van der Waals surface area contributed by atoms with Crippen molar-refractivity contribution in [3.63, 3.8) is 0 Å². The molecular formula is C34H27Cl2N3O5. The molecule has 0 saturated heterocycles. The monoisotopic (exact) mass is 627 g/mol. The minimum Gasteiger partial charge on any atom is -0.486 e. The molecule has 5 aromatic rings. The molecule has 10 heteroatoms. The Morgan fingerprint density at radius 3 is 2.32 bits per heavy atom. The van der Waals surface area contributed by atoms with Gasteiger partial charge in [-0.05, 0) is 104 Å². The Labute approximate surface area is 264 Å². The Balaban J connectivity index is 1.15. The lowest BCUT2D eigenvalue weighted by Crippen LogP contribution is -2.17. The molecule has 1 amide bonds. The summed E-state index contributed by atoms with van der Waals surface area (Å²) in [5, 5.41) is 4.97. The van der Waals surface area contributed by atoms with E-state index in [-0.39, 0.29) is 18.1 Å². The van der Waals surface area contributed by atoms with Crippen molar-refractivity contribution >= 4 is 47.4 Å². The number of rotatable bonds is 10. The van der Waals surface area contributed by atoms with Gasteiger partial charge < -0.3 is 18.5 Å². The van der Waals surface area contributed by atoms with Gasteiger partial charge in [-0.2, -0.15) is 5.10 Å². The Kier molecular flexibility index (Phi) is 9.64. The van der Waals surface area contributed by atoms with Gasteiger partial charge >= 0.3 is 11.9 Å². The van der Waals surface area contributed by atoms with Crippen molar-refractivity contribution in [2.24, 2.45) is 5.10 Å². The molecule has 0 unspecified atom stereocenters. The Morgan fingerprint density at radius 1 is 0.886 bits per heavy atom. The molecule has 0 bridgehead atoms. The summed E-state index contributed by atoms with van der Waals surface area (Å²) >= 11 is 12.0. The van der Waals surface area contributed by atoms with Crippen LogP contribution in [0.25, 0.3) is 11.8 Å². The number of nitrogens with zero attached hydrogens (tertiary/aromatic N) is 2. The first-order valence-electron chi connectivity index (χ1n) is 13.5. The van der Waals surface area contributed by atoms with Crippen LogP contribution in [0, 0.1) is 13.8 Å². The molecule has 0 atom stereocenters. The minimum absolute atomic E-state index is 0.0553. The van der Waals surface area contributed by atoms with Gasteiger partial charge in [0.2, 0.25) is 0 Å². The van der Waals surface area contributed by atoms with Crippen LogP contribution in [0.4, 0.5) is 0 Å². The smallest absolute Gasteiger partial charge is 0.336 e. The van der Waals surface area contributed by atoms with E-state index in [0.717, 1.165) is 22.6 Å². The first kappa shape index (κ1) is 30.4. The van der Waals surface area contributed by atoms with Gasteiger partial charge in [0, 0.05) is 38.8 Å². The number of hydrogen-bond acceptors (Lipinski definition) is 6. The second-order valence-corrected chi connectivity index (χ2v) is 10.6. The van der Waals surface area contributed by atoms with Crippen molar-refractivity contribution in [1.82, 2.24) is 9.99 Å². The zero-order valence-electron chi connectivity index (χ0n) is 23.8. The van der Waals surface area contributed by atoms with E-state index in [4.69, 9.17) is 37.1 Å². The largest absolute Gasteiger partial charge is 0.486 e. The minimum atomic E-state index is -0.603. The number of carbonyl (C=O) groups excluding carboxylic acids is 2. The summed E-state index contributed by atoms with van der Waals surface area (Å²) in [6.45, 7) is 4.26. The quantitative estimate of drug-likeness (QED) is 0.0557. The molecule has 2 aromatic heterocycles. The molecule has 0 aliphatic heterocycles. The van der Waals surface area contributed by atoms with E-state index in [9.17, 15) is 9.59 Å². The van der Waals surface area contributed by atoms with E-state index >= 15 is 0 Å². The number of ether oxygens (including phenoxy) is 2. The maximum absolute atomic E-state index is 12.6. The number of hydrogen-bond donors (Lipinski definition) is 1. The van der Waals surface area contributed by atoms with E-state index in [0.29, 0.717) is 27.1 Å². The van der Waals surface area contributed by atoms with Gasteiger partial charge in [0.05, 0.1) is 6.21 Å². The number of amides is 1. The molecule has 0 aliphatic carbocycles. The van der Waals surface area contributed by atoms with Crippen LogP contribution in [-0.4, -0.2) is 22.7 Å². The van der Waals surface area contributed by atoms with Crippen LogP contribution >= 0.6 is 23.2 Å². The van der Waals surface area contributed by atoms with Gasteiger partial charge in [-0.15, -0.1) is 0 Å². The highest BCUT2D eigenvalue weighted by molar-refractivity contribution is 6.31. The summed E-state index contributed by atoms with van der Waals surface area (Å²) in [5.74, 6) is 0.230. The van der Waals surface area contributed by atoms with Gasteiger partial charge in [-0.3, -0.25) is 4.79 Å². The van der Waals surface area contributed by atoms with Crippen molar-refractivity contribution in [2.75, 3.05) is 0 Å². The SMILES string of the molecule is Cc1ccc(C)n1-c1ccc(OCc2ccc(C(=O)N/N=C/c3cc(Cl)ccc3OC(=O)/C=C/c3ccc(Cl)cc3)o2)cc1. The molecule has 3 aromatic carbocycles. The molecular weight excluding hydrogens is 601 g/mol. The normalized spacial score (nSPS) is 11.3. The summed E-state index contributed by atoms with van der Waals surface area (Å²) < 4.78 is 19.1. The molecule has 8 nitrogen and oxygen atoms in total. The van der Waals surface area contributed by atoms with E-state index in [1.54, 1.807) is 48.5 Å². The number of aryl methyl sites for hydroxylation is 2. The topological polar surface area (TPSA) is 95.1 Å². The summed E-state index contributed by atoms with van der Waals surface area (Å²) in [5.41, 5.74) is 6.91. The lowest BCUT2D eigenvalue weighted by molar-refractivity contribution is -0.128. The van der Waals surface area contributed by atoms with Crippen molar-refractivity contribution in [3.8, 4) is 17.2 Å². The predicted octanol–water partition coefficient (Wildman–Crippen LogP) is 7.96. The van der Waals surface area contributed by atoms with Gasteiger partial charge in [-0.1, -0.05) is 35.3 Å². The fourth-order valence-electron chi connectivity index (χ4n) is 4.31. The van der Waals surface area contributed by atoms with Gasteiger partial charge in [0.15, 0.2) is 5.76 Å². The van der Waals surface area contributed by atoms with E-state index in [2.05, 4.69) is 41.1 Å². The molecule has 2 heterocycles. The molecule has 0 radical (unpaired) electrons. The Morgan fingerprint density at radius 2 is 1.59 bits per heavy atom. The second-order valence-electron chi connectivity index (χ2n) is 9.69. The average molecular weight is 629 g/mol. The zero-order valence-corrected chi connectivity index (χ0v) is 25.3. The summed E-state index contributed by atoms with van der Waals surface area (Å²) in [6.07, 6.45) is 4.22. The molecule has 222 valence electrons. The fourth-order valence-corrected chi connectivity index (χ4v) is 4.61. The van der Waals surface area contributed by atoms with E-state index in [1.807, 2.05) is 24.3 Å². The standard InChI is InChI=1S/C34H27Cl2N3O5/c1-22-3-4-23(2)39(22)28-11-13-29(14-12-28)42-21-30-15-17-32(43-30)34(41)38-37-20-25-19-27(36)10-16-31(25)44-33(40)18-7-24-5-8-26(35)9-6-24/h3-20H,21H2,1-2H3,(H,38,41)/b18-7+,37-20+. The first-order chi connectivity index (χ1) is 21.2. The Hall–Kier alpha value is -5.05. The van der Waals surface area contributed by atoms with Crippen LogP contribution in [0.3, 0.4) is 0 Å². The highest BCUT2D eigenvalue weighted by atomic mass is 35.5. The van der Waals surface area contributed by atoms with E-state index < -0.39 is 11.9 Å². The van der Waals surface area contributed by atoms with Crippen LogP contribution in [0.15, 0.2) is 107 Å². The van der Waals surface area contributed by atoms with Gasteiger partial charge in [0.25, 0.3) is 0 Å². The molecule has 5 rings (SSSR count). The average Bonchev–Trinajstić information content (AvgIpc) is 3.63. The summed E-state index contributed by atoms with van der Waals surface area (Å²) in [4.78, 5) is 25.0. The van der Waals surface area contributed by atoms with Crippen LogP contribution in [0.5, 0.6) is 11.5 Å². The van der Waals surface area contributed by atoms with Crippen LogP contribution < -0.4 is 14.9 Å². The molecule has 0 aliphatic rings. The number of hydrazone groups is 1. The van der Waals surface area contributed by atoms with Crippen LogP contribution in [0.1, 0.15) is 38.8 Å². The number of esters is 1. The molecule has 0 fully saturated rings. The number of carbonyl (C=O) groups is 2. The zero-order chi connectivity index (χ0) is 31.1. The summed E-state index contributed by atoms with van der Waals surface area (Å²) in [7, 11) is 0. The highest BCUT2D eigenvalue weighted by Crippen LogP contribution is 2.23. The lowest BCUT2D eigenvalue weighted by atomic mass is 10.2. The number of halogens is 2. The van der Waals surface area contributed by atoms with Crippen LogP contribution in [0.2, 0.25) is 10.0 Å². The lowest BCUT2D eigenvalue weighted by Gasteiger charge is -2.10.